The van der Waals surface area contributed by atoms with Gasteiger partial charge in [-0.15, -0.1) is 10.2 Å². The van der Waals surface area contributed by atoms with Crippen LogP contribution in [0.25, 0.3) is 0 Å². The first-order chi connectivity index (χ1) is 11.1. The maximum Gasteiger partial charge on any atom is 0.258 e. The van der Waals surface area contributed by atoms with Gasteiger partial charge in [0.25, 0.3) is 5.91 Å². The molecule has 23 heavy (non-hydrogen) atoms. The summed E-state index contributed by atoms with van der Waals surface area (Å²) >= 11 is 0. The van der Waals surface area contributed by atoms with Crippen LogP contribution in [-0.2, 0) is 19.5 Å². The molecule has 0 saturated carbocycles. The maximum atomic E-state index is 13.7. The fourth-order valence-corrected chi connectivity index (χ4v) is 2.71. The van der Waals surface area contributed by atoms with Gasteiger partial charge < -0.3 is 15.0 Å². The summed E-state index contributed by atoms with van der Waals surface area (Å²) in [7, 11) is 0. The van der Waals surface area contributed by atoms with E-state index in [9.17, 15) is 18.7 Å². The van der Waals surface area contributed by atoms with Crippen LogP contribution in [0.5, 0.6) is 5.75 Å². The molecule has 0 spiro atoms. The van der Waals surface area contributed by atoms with Crippen molar-refractivity contribution < 1.29 is 18.7 Å². The highest BCUT2D eigenvalue weighted by atomic mass is 19.1. The number of phenolic OH excluding ortho intramolecular Hbond substituents is 1. The summed E-state index contributed by atoms with van der Waals surface area (Å²) in [4.78, 5) is 12.0. The Morgan fingerprint density at radius 1 is 1.26 bits per heavy atom. The Bertz CT molecular complexity index is 722. The number of carbonyl (C=O) groups excluding carboxylic acids is 1. The number of rotatable bonds is 3. The number of nitrogens with zero attached hydrogens (tertiary/aromatic N) is 3. The van der Waals surface area contributed by atoms with Crippen LogP contribution in [-0.4, -0.2) is 25.8 Å². The van der Waals surface area contributed by atoms with E-state index in [0.29, 0.717) is 18.0 Å². The van der Waals surface area contributed by atoms with E-state index in [1.54, 1.807) is 0 Å². The van der Waals surface area contributed by atoms with Crippen LogP contribution >= 0.6 is 0 Å². The van der Waals surface area contributed by atoms with Crippen molar-refractivity contribution in [2.45, 2.75) is 38.8 Å². The van der Waals surface area contributed by atoms with Crippen molar-refractivity contribution in [3.63, 3.8) is 0 Å². The molecule has 6 nitrogen and oxygen atoms in total. The van der Waals surface area contributed by atoms with E-state index in [4.69, 9.17) is 0 Å². The van der Waals surface area contributed by atoms with E-state index < -0.39 is 28.9 Å². The molecule has 0 unspecified atom stereocenters. The number of halogens is 2. The lowest BCUT2D eigenvalue weighted by atomic mass is 10.1. The summed E-state index contributed by atoms with van der Waals surface area (Å²) < 4.78 is 28.6. The molecule has 2 N–H and O–H groups in total. The number of aromatic hydroxyl groups is 1. The SMILES string of the molecule is O=C(NCc1nnc2n1CCCCC2)c1c(O)cc(F)cc1F. The lowest BCUT2D eigenvalue weighted by Gasteiger charge is -2.09. The number of hydrogen-bond donors (Lipinski definition) is 2. The van der Waals surface area contributed by atoms with E-state index in [-0.39, 0.29) is 6.54 Å². The zero-order chi connectivity index (χ0) is 16.4. The highest BCUT2D eigenvalue weighted by Crippen LogP contribution is 2.22. The maximum absolute atomic E-state index is 13.7. The number of carbonyl (C=O) groups is 1. The van der Waals surface area contributed by atoms with Crippen LogP contribution in [0.3, 0.4) is 0 Å². The van der Waals surface area contributed by atoms with Gasteiger partial charge in [-0.3, -0.25) is 4.79 Å². The molecule has 0 aliphatic carbocycles. The van der Waals surface area contributed by atoms with Gasteiger partial charge in [0.05, 0.1) is 6.54 Å². The Morgan fingerprint density at radius 2 is 2.09 bits per heavy atom. The topological polar surface area (TPSA) is 80.0 Å². The summed E-state index contributed by atoms with van der Waals surface area (Å²) in [5.41, 5.74) is -0.581. The number of aromatic nitrogens is 3. The Labute approximate surface area is 131 Å². The van der Waals surface area contributed by atoms with Crippen LogP contribution < -0.4 is 5.32 Å². The average Bonchev–Trinajstić information content (AvgIpc) is 2.71. The smallest absolute Gasteiger partial charge is 0.258 e. The molecule has 2 heterocycles. The van der Waals surface area contributed by atoms with Gasteiger partial charge in [0, 0.05) is 25.1 Å². The first kappa shape index (κ1) is 15.4. The van der Waals surface area contributed by atoms with E-state index in [1.165, 1.54) is 0 Å². The van der Waals surface area contributed by atoms with Crippen LogP contribution in [0.1, 0.15) is 41.3 Å². The number of phenols is 1. The summed E-state index contributed by atoms with van der Waals surface area (Å²) in [6.07, 6.45) is 4.02. The molecule has 1 amide bonds. The predicted octanol–water partition coefficient (Wildman–Crippen LogP) is 1.92. The minimum absolute atomic E-state index is 0.0576. The molecule has 1 aromatic heterocycles. The van der Waals surface area contributed by atoms with Crippen molar-refractivity contribution in [1.29, 1.82) is 0 Å². The molecule has 3 rings (SSSR count). The first-order valence-electron chi connectivity index (χ1n) is 7.43. The second kappa shape index (κ2) is 6.31. The summed E-state index contributed by atoms with van der Waals surface area (Å²) in [6, 6.07) is 1.25. The summed E-state index contributed by atoms with van der Waals surface area (Å²) in [5.74, 6) is -2.16. The fraction of sp³-hybridized carbons (Fsp3) is 0.400. The fourth-order valence-electron chi connectivity index (χ4n) is 2.71. The molecular weight excluding hydrogens is 306 g/mol. The molecule has 8 heteroatoms. The van der Waals surface area contributed by atoms with Gasteiger partial charge in [-0.05, 0) is 12.8 Å². The van der Waals surface area contributed by atoms with Gasteiger partial charge in [0.2, 0.25) is 0 Å². The van der Waals surface area contributed by atoms with E-state index in [0.717, 1.165) is 38.1 Å². The lowest BCUT2D eigenvalue weighted by Crippen LogP contribution is -2.26. The van der Waals surface area contributed by atoms with Crippen molar-refractivity contribution >= 4 is 5.91 Å². The van der Waals surface area contributed by atoms with Crippen molar-refractivity contribution in [2.24, 2.45) is 0 Å². The largest absolute Gasteiger partial charge is 0.507 e. The molecule has 0 fully saturated rings. The molecular formula is C15H16F2N4O2. The number of nitrogens with one attached hydrogen (secondary N) is 1. The molecule has 0 bridgehead atoms. The van der Waals surface area contributed by atoms with Gasteiger partial charge in [0.1, 0.15) is 28.8 Å². The molecule has 1 aliphatic rings. The molecule has 0 atom stereocenters. The first-order valence-corrected chi connectivity index (χ1v) is 7.43. The minimum atomic E-state index is -1.11. The Hall–Kier alpha value is -2.51. The minimum Gasteiger partial charge on any atom is -0.507 e. The van der Waals surface area contributed by atoms with Crippen molar-refractivity contribution in [2.75, 3.05) is 0 Å². The molecule has 0 saturated heterocycles. The number of amides is 1. The summed E-state index contributed by atoms with van der Waals surface area (Å²) in [6.45, 7) is 0.839. The van der Waals surface area contributed by atoms with Gasteiger partial charge in [-0.25, -0.2) is 8.78 Å². The molecule has 0 radical (unpaired) electrons. The normalized spacial score (nSPS) is 14.2. The van der Waals surface area contributed by atoms with Crippen molar-refractivity contribution in [1.82, 2.24) is 20.1 Å². The average molecular weight is 322 g/mol. The zero-order valence-electron chi connectivity index (χ0n) is 12.4. The van der Waals surface area contributed by atoms with Crippen molar-refractivity contribution in [3.8, 4) is 5.75 Å². The third-order valence-electron chi connectivity index (χ3n) is 3.85. The van der Waals surface area contributed by atoms with Gasteiger partial charge in [-0.1, -0.05) is 6.42 Å². The third kappa shape index (κ3) is 3.15. The molecule has 1 aliphatic heterocycles. The number of fused-ring (bicyclic) bond motifs is 1. The van der Waals surface area contributed by atoms with Crippen LogP contribution in [0.4, 0.5) is 8.78 Å². The Morgan fingerprint density at radius 3 is 2.87 bits per heavy atom. The Kier molecular flexibility index (Phi) is 4.22. The van der Waals surface area contributed by atoms with Crippen LogP contribution in [0.15, 0.2) is 12.1 Å². The van der Waals surface area contributed by atoms with Gasteiger partial charge >= 0.3 is 0 Å². The van der Waals surface area contributed by atoms with Crippen molar-refractivity contribution in [3.05, 3.63) is 41.0 Å². The van der Waals surface area contributed by atoms with Gasteiger partial charge in [0.15, 0.2) is 5.82 Å². The van der Waals surface area contributed by atoms with Crippen LogP contribution in [0.2, 0.25) is 0 Å². The Balaban J connectivity index is 1.74. The lowest BCUT2D eigenvalue weighted by molar-refractivity contribution is 0.0942. The third-order valence-corrected chi connectivity index (χ3v) is 3.85. The zero-order valence-corrected chi connectivity index (χ0v) is 12.4. The standard InChI is InChI=1S/C15H16F2N4O2/c16-9-6-10(17)14(11(22)7-9)15(23)18-8-13-20-19-12-4-2-1-3-5-21(12)13/h6-7,22H,1-5,8H2,(H,18,23). The molecule has 2 aromatic rings. The predicted molar refractivity (Wildman–Crippen MR) is 76.8 cm³/mol. The number of hydrogen-bond acceptors (Lipinski definition) is 4. The number of aryl methyl sites for hydroxylation is 1. The monoisotopic (exact) mass is 322 g/mol. The van der Waals surface area contributed by atoms with E-state index >= 15 is 0 Å². The quantitative estimate of drug-likeness (QED) is 0.905. The number of benzene rings is 1. The van der Waals surface area contributed by atoms with Crippen LogP contribution in [0, 0.1) is 11.6 Å². The molecule has 1 aromatic carbocycles. The van der Waals surface area contributed by atoms with E-state index in [1.807, 2.05) is 4.57 Å². The highest BCUT2D eigenvalue weighted by molar-refractivity contribution is 5.97. The highest BCUT2D eigenvalue weighted by Gasteiger charge is 2.20. The summed E-state index contributed by atoms with van der Waals surface area (Å²) in [5, 5.41) is 20.2. The molecule has 122 valence electrons. The second-order valence-corrected chi connectivity index (χ2v) is 5.46. The second-order valence-electron chi connectivity index (χ2n) is 5.46. The van der Waals surface area contributed by atoms with E-state index in [2.05, 4.69) is 15.5 Å². The van der Waals surface area contributed by atoms with Gasteiger partial charge in [-0.2, -0.15) is 0 Å².